The van der Waals surface area contributed by atoms with Crippen LogP contribution < -0.4 is 0 Å². The van der Waals surface area contributed by atoms with Crippen LogP contribution in [0.1, 0.15) is 12.0 Å². The van der Waals surface area contributed by atoms with Crippen LogP contribution in [0.3, 0.4) is 0 Å². The zero-order chi connectivity index (χ0) is 8.23. The maximum absolute atomic E-state index is 5.26. The normalized spacial score (nSPS) is 20.2. The van der Waals surface area contributed by atoms with Gasteiger partial charge in [0.1, 0.15) is 0 Å². The summed E-state index contributed by atoms with van der Waals surface area (Å²) >= 11 is 0. The van der Waals surface area contributed by atoms with Crippen molar-refractivity contribution in [3.8, 4) is 0 Å². The molecule has 0 atom stereocenters. The minimum Gasteiger partial charge on any atom is -0.377 e. The maximum atomic E-state index is 5.26. The van der Waals surface area contributed by atoms with E-state index in [1.807, 2.05) is 6.07 Å². The van der Waals surface area contributed by atoms with Gasteiger partial charge in [0.2, 0.25) is 0 Å². The quantitative estimate of drug-likeness (QED) is 0.613. The van der Waals surface area contributed by atoms with E-state index in [9.17, 15) is 0 Å². The van der Waals surface area contributed by atoms with E-state index in [2.05, 4.69) is 30.3 Å². The lowest BCUT2D eigenvalue weighted by Crippen LogP contribution is -1.80. The molecule has 0 saturated carbocycles. The maximum Gasteiger partial charge on any atom is 0.0681 e. The summed E-state index contributed by atoms with van der Waals surface area (Å²) in [4.78, 5) is 0. The molecule has 0 spiro atoms. The first kappa shape index (κ1) is 7.56. The van der Waals surface area contributed by atoms with Crippen molar-refractivity contribution >= 4 is 6.08 Å². The van der Waals surface area contributed by atoms with Crippen molar-refractivity contribution in [2.24, 2.45) is 0 Å². The molecule has 1 fully saturated rings. The highest BCUT2D eigenvalue weighted by Gasteiger charge is 2.05. The molecule has 1 nitrogen and oxygen atoms in total. The topological polar surface area (TPSA) is 9.23 Å². The number of hydrogen-bond acceptors (Lipinski definition) is 1. The Kier molecular flexibility index (Phi) is 2.23. The molecule has 12 heavy (non-hydrogen) atoms. The van der Waals surface area contributed by atoms with Gasteiger partial charge in [-0.2, -0.15) is 0 Å². The molecule has 1 aromatic carbocycles. The average molecular weight is 160 g/mol. The smallest absolute Gasteiger partial charge is 0.0681 e. The van der Waals surface area contributed by atoms with Gasteiger partial charge in [-0.25, -0.2) is 0 Å². The fourth-order valence-corrected chi connectivity index (χ4v) is 1.38. The van der Waals surface area contributed by atoms with Crippen LogP contribution in [0, 0.1) is 0 Å². The lowest BCUT2D eigenvalue weighted by atomic mass is 10.1. The van der Waals surface area contributed by atoms with Crippen molar-refractivity contribution in [2.45, 2.75) is 6.42 Å². The van der Waals surface area contributed by atoms with Crippen LogP contribution in [0.15, 0.2) is 35.9 Å². The highest BCUT2D eigenvalue weighted by atomic mass is 16.5. The van der Waals surface area contributed by atoms with E-state index >= 15 is 0 Å². The summed E-state index contributed by atoms with van der Waals surface area (Å²) in [7, 11) is 0. The van der Waals surface area contributed by atoms with Crippen molar-refractivity contribution in [1.82, 2.24) is 0 Å². The first-order valence-electron chi connectivity index (χ1n) is 4.27. The van der Waals surface area contributed by atoms with Crippen molar-refractivity contribution in [3.63, 3.8) is 0 Å². The van der Waals surface area contributed by atoms with Gasteiger partial charge in [0, 0.05) is 0 Å². The van der Waals surface area contributed by atoms with Gasteiger partial charge in [-0.05, 0) is 17.6 Å². The summed E-state index contributed by atoms with van der Waals surface area (Å²) in [6, 6.07) is 10.4. The Morgan fingerprint density at radius 2 is 2.00 bits per heavy atom. The zero-order valence-electron chi connectivity index (χ0n) is 6.99. The number of benzene rings is 1. The van der Waals surface area contributed by atoms with E-state index in [0.29, 0.717) is 0 Å². The van der Waals surface area contributed by atoms with E-state index in [4.69, 9.17) is 4.74 Å². The van der Waals surface area contributed by atoms with Gasteiger partial charge >= 0.3 is 0 Å². The van der Waals surface area contributed by atoms with Crippen LogP contribution in [0.5, 0.6) is 0 Å². The molecule has 0 aliphatic carbocycles. The molecule has 0 bridgehead atoms. The van der Waals surface area contributed by atoms with Gasteiger partial charge in [0.15, 0.2) is 0 Å². The van der Waals surface area contributed by atoms with E-state index < -0.39 is 0 Å². The molecular formula is C11H12O. The molecule has 1 aliphatic rings. The summed E-state index contributed by atoms with van der Waals surface area (Å²) in [6.45, 7) is 1.70. The van der Waals surface area contributed by atoms with E-state index in [1.54, 1.807) is 0 Å². The van der Waals surface area contributed by atoms with Gasteiger partial charge in [-0.1, -0.05) is 36.4 Å². The predicted octanol–water partition coefficient (Wildman–Crippen LogP) is 2.49. The second kappa shape index (κ2) is 3.55. The number of ether oxygens (including phenoxy) is 1. The number of hydrogen-bond donors (Lipinski definition) is 0. The SMILES string of the molecule is C(=C1\CCOC1)/c1ccccc1. The minimum absolute atomic E-state index is 0.814. The van der Waals surface area contributed by atoms with E-state index in [1.165, 1.54) is 11.1 Å². The van der Waals surface area contributed by atoms with E-state index in [-0.39, 0.29) is 0 Å². The molecule has 62 valence electrons. The molecule has 1 saturated heterocycles. The van der Waals surface area contributed by atoms with Gasteiger partial charge < -0.3 is 4.74 Å². The Morgan fingerprint density at radius 3 is 2.67 bits per heavy atom. The summed E-state index contributed by atoms with van der Waals surface area (Å²) in [5.74, 6) is 0. The standard InChI is InChI=1S/C11H12O/c1-2-4-10(5-3-1)8-11-6-7-12-9-11/h1-5,8H,6-7,9H2/b11-8-. The van der Waals surface area contributed by atoms with Crippen LogP contribution in [-0.2, 0) is 4.74 Å². The molecule has 1 heteroatoms. The fraction of sp³-hybridized carbons (Fsp3) is 0.273. The monoisotopic (exact) mass is 160 g/mol. The van der Waals surface area contributed by atoms with Gasteiger partial charge in [-0.15, -0.1) is 0 Å². The number of rotatable bonds is 1. The van der Waals surface area contributed by atoms with Gasteiger partial charge in [0.05, 0.1) is 13.2 Å². The van der Waals surface area contributed by atoms with Crippen molar-refractivity contribution < 1.29 is 4.74 Å². The van der Waals surface area contributed by atoms with Crippen LogP contribution in [0.25, 0.3) is 6.08 Å². The largest absolute Gasteiger partial charge is 0.377 e. The second-order valence-corrected chi connectivity index (χ2v) is 3.02. The highest BCUT2D eigenvalue weighted by molar-refractivity contribution is 5.53. The molecule has 1 heterocycles. The van der Waals surface area contributed by atoms with Crippen LogP contribution >= 0.6 is 0 Å². The van der Waals surface area contributed by atoms with Crippen LogP contribution in [0.4, 0.5) is 0 Å². The lowest BCUT2D eigenvalue weighted by molar-refractivity contribution is 0.205. The Hall–Kier alpha value is -1.08. The Labute approximate surface area is 72.7 Å². The van der Waals surface area contributed by atoms with Crippen molar-refractivity contribution in [3.05, 3.63) is 41.5 Å². The molecule has 0 unspecified atom stereocenters. The summed E-state index contributed by atoms with van der Waals surface area (Å²) in [6.07, 6.45) is 3.31. The second-order valence-electron chi connectivity index (χ2n) is 3.02. The van der Waals surface area contributed by atoms with Crippen LogP contribution in [0.2, 0.25) is 0 Å². The molecule has 1 aliphatic heterocycles. The molecule has 1 aromatic rings. The highest BCUT2D eigenvalue weighted by Crippen LogP contribution is 2.14. The molecule has 0 amide bonds. The third-order valence-electron chi connectivity index (χ3n) is 2.03. The first-order chi connectivity index (χ1) is 5.95. The molecule has 0 radical (unpaired) electrons. The predicted molar refractivity (Wildman–Crippen MR) is 49.9 cm³/mol. The fourth-order valence-electron chi connectivity index (χ4n) is 1.38. The molecule has 2 rings (SSSR count). The zero-order valence-corrected chi connectivity index (χ0v) is 6.99. The van der Waals surface area contributed by atoms with Crippen molar-refractivity contribution in [2.75, 3.05) is 13.2 Å². The van der Waals surface area contributed by atoms with Crippen LogP contribution in [-0.4, -0.2) is 13.2 Å². The van der Waals surface area contributed by atoms with E-state index in [0.717, 1.165) is 19.6 Å². The minimum atomic E-state index is 0.814. The molecule has 0 N–H and O–H groups in total. The first-order valence-corrected chi connectivity index (χ1v) is 4.27. The van der Waals surface area contributed by atoms with Gasteiger partial charge in [0.25, 0.3) is 0 Å². The third-order valence-corrected chi connectivity index (χ3v) is 2.03. The summed E-state index contributed by atoms with van der Waals surface area (Å²) in [5.41, 5.74) is 2.68. The van der Waals surface area contributed by atoms with Gasteiger partial charge in [-0.3, -0.25) is 0 Å². The Balaban J connectivity index is 2.16. The lowest BCUT2D eigenvalue weighted by Gasteiger charge is -1.94. The third kappa shape index (κ3) is 1.74. The Bertz CT molecular complexity index is 266. The molecule has 0 aromatic heterocycles. The summed E-state index contributed by atoms with van der Waals surface area (Å²) < 4.78 is 5.26. The summed E-state index contributed by atoms with van der Waals surface area (Å²) in [5, 5.41) is 0. The Morgan fingerprint density at radius 1 is 1.17 bits per heavy atom. The molecular weight excluding hydrogens is 148 g/mol. The van der Waals surface area contributed by atoms with Crippen molar-refractivity contribution in [1.29, 1.82) is 0 Å². The average Bonchev–Trinajstić information content (AvgIpc) is 2.59.